The Bertz CT molecular complexity index is 858. The average Bonchev–Trinajstić information content (AvgIpc) is 2.59. The SMILES string of the molecule is CC(NC(=O)COc1cccc(Oc2ccccn2)c1)C1CS(=O)(=O)C1. The maximum absolute atomic E-state index is 12.0. The molecule has 1 aromatic carbocycles. The lowest BCUT2D eigenvalue weighted by molar-refractivity contribution is -0.124. The number of hydrogen-bond acceptors (Lipinski definition) is 6. The van der Waals surface area contributed by atoms with Gasteiger partial charge in [0.15, 0.2) is 16.4 Å². The normalized spacial score (nSPS) is 17.0. The Hall–Kier alpha value is -2.61. The number of nitrogens with one attached hydrogen (secondary N) is 1. The van der Waals surface area contributed by atoms with E-state index in [1.807, 2.05) is 6.07 Å². The number of carbonyl (C=O) groups excluding carboxylic acids is 1. The molecule has 1 saturated heterocycles. The zero-order chi connectivity index (χ0) is 18.6. The van der Waals surface area contributed by atoms with Crippen molar-refractivity contribution in [3.8, 4) is 17.4 Å². The summed E-state index contributed by atoms with van der Waals surface area (Å²) in [6.45, 7) is 1.65. The highest BCUT2D eigenvalue weighted by molar-refractivity contribution is 7.92. The highest BCUT2D eigenvalue weighted by Gasteiger charge is 2.37. The van der Waals surface area contributed by atoms with Crippen LogP contribution < -0.4 is 14.8 Å². The lowest BCUT2D eigenvalue weighted by Gasteiger charge is -2.31. The summed E-state index contributed by atoms with van der Waals surface area (Å²) in [5, 5.41) is 2.77. The smallest absolute Gasteiger partial charge is 0.258 e. The number of aromatic nitrogens is 1. The van der Waals surface area contributed by atoms with Gasteiger partial charge in [-0.25, -0.2) is 13.4 Å². The van der Waals surface area contributed by atoms with Gasteiger partial charge in [0.25, 0.3) is 5.91 Å². The van der Waals surface area contributed by atoms with Gasteiger partial charge in [-0.05, 0) is 25.1 Å². The highest BCUT2D eigenvalue weighted by Crippen LogP contribution is 2.24. The number of rotatable bonds is 7. The number of sulfone groups is 1. The third-order valence-electron chi connectivity index (χ3n) is 4.07. The van der Waals surface area contributed by atoms with Gasteiger partial charge in [-0.2, -0.15) is 0 Å². The molecule has 2 aromatic rings. The molecule has 0 aliphatic carbocycles. The Balaban J connectivity index is 1.48. The number of pyridine rings is 1. The van der Waals surface area contributed by atoms with Crippen molar-refractivity contribution < 1.29 is 22.7 Å². The summed E-state index contributed by atoms with van der Waals surface area (Å²) in [5.41, 5.74) is 0. The lowest BCUT2D eigenvalue weighted by atomic mass is 10.1. The molecular weight excluding hydrogens is 356 g/mol. The van der Waals surface area contributed by atoms with Gasteiger partial charge in [0, 0.05) is 30.3 Å². The molecule has 1 N–H and O–H groups in total. The van der Waals surface area contributed by atoms with Crippen LogP contribution in [0.5, 0.6) is 17.4 Å². The van der Waals surface area contributed by atoms with Crippen LogP contribution in [0.4, 0.5) is 0 Å². The molecule has 3 rings (SSSR count). The minimum absolute atomic E-state index is 0.0287. The first kappa shape index (κ1) is 18.2. The van der Waals surface area contributed by atoms with E-state index in [-0.39, 0.29) is 36.0 Å². The molecule has 1 amide bonds. The van der Waals surface area contributed by atoms with Crippen LogP contribution in [0.1, 0.15) is 6.92 Å². The van der Waals surface area contributed by atoms with Crippen molar-refractivity contribution in [2.75, 3.05) is 18.1 Å². The third kappa shape index (κ3) is 4.95. The van der Waals surface area contributed by atoms with Crippen LogP contribution in [0.25, 0.3) is 0 Å². The van der Waals surface area contributed by atoms with Crippen molar-refractivity contribution in [1.29, 1.82) is 0 Å². The van der Waals surface area contributed by atoms with Crippen LogP contribution in [-0.4, -0.2) is 43.5 Å². The molecule has 1 aromatic heterocycles. The molecule has 0 spiro atoms. The fourth-order valence-corrected chi connectivity index (χ4v) is 4.39. The highest BCUT2D eigenvalue weighted by atomic mass is 32.2. The van der Waals surface area contributed by atoms with Crippen LogP contribution in [0.2, 0.25) is 0 Å². The first-order valence-corrected chi connectivity index (χ1v) is 10.0. The van der Waals surface area contributed by atoms with E-state index in [1.54, 1.807) is 49.5 Å². The van der Waals surface area contributed by atoms with Crippen LogP contribution >= 0.6 is 0 Å². The topological polar surface area (TPSA) is 94.6 Å². The minimum atomic E-state index is -2.90. The standard InChI is InChI=1S/C18H20N2O5S/c1-13(14-11-26(22,23)12-14)20-17(21)10-24-15-5-4-6-16(9-15)25-18-7-2-3-8-19-18/h2-9,13-14H,10-12H2,1H3,(H,20,21). The van der Waals surface area contributed by atoms with E-state index in [4.69, 9.17) is 9.47 Å². The second-order valence-electron chi connectivity index (χ2n) is 6.23. The maximum Gasteiger partial charge on any atom is 0.258 e. The molecule has 0 bridgehead atoms. The second-order valence-corrected chi connectivity index (χ2v) is 8.38. The Morgan fingerprint density at radius 1 is 1.23 bits per heavy atom. The molecule has 1 aliphatic heterocycles. The molecule has 2 heterocycles. The number of benzene rings is 1. The van der Waals surface area contributed by atoms with Gasteiger partial charge >= 0.3 is 0 Å². The second kappa shape index (κ2) is 7.74. The van der Waals surface area contributed by atoms with Crippen molar-refractivity contribution in [1.82, 2.24) is 10.3 Å². The zero-order valence-corrected chi connectivity index (χ0v) is 15.1. The first-order valence-electron chi connectivity index (χ1n) is 8.23. The van der Waals surface area contributed by atoms with E-state index in [2.05, 4.69) is 10.3 Å². The van der Waals surface area contributed by atoms with Gasteiger partial charge in [0.2, 0.25) is 5.88 Å². The van der Waals surface area contributed by atoms with Crippen LogP contribution in [0, 0.1) is 5.92 Å². The number of amides is 1. The Labute approximate surface area is 152 Å². The van der Waals surface area contributed by atoms with Crippen LogP contribution in [0.15, 0.2) is 48.7 Å². The first-order chi connectivity index (χ1) is 12.4. The molecule has 8 heteroatoms. The summed E-state index contributed by atoms with van der Waals surface area (Å²) in [7, 11) is -2.90. The van der Waals surface area contributed by atoms with Crippen molar-refractivity contribution in [2.45, 2.75) is 13.0 Å². The van der Waals surface area contributed by atoms with Gasteiger partial charge in [0.1, 0.15) is 11.5 Å². The van der Waals surface area contributed by atoms with Crippen LogP contribution in [0.3, 0.4) is 0 Å². The summed E-state index contributed by atoms with van der Waals surface area (Å²) in [6, 6.07) is 12.1. The minimum Gasteiger partial charge on any atom is -0.484 e. The summed E-state index contributed by atoms with van der Waals surface area (Å²) >= 11 is 0. The molecule has 138 valence electrons. The zero-order valence-electron chi connectivity index (χ0n) is 14.3. The quantitative estimate of drug-likeness (QED) is 0.792. The molecule has 1 fully saturated rings. The fraction of sp³-hybridized carbons (Fsp3) is 0.333. The molecule has 0 saturated carbocycles. The summed E-state index contributed by atoms with van der Waals surface area (Å²) in [4.78, 5) is 16.1. The molecule has 1 unspecified atom stereocenters. The van der Waals surface area contributed by atoms with Gasteiger partial charge in [0.05, 0.1) is 11.5 Å². The van der Waals surface area contributed by atoms with E-state index in [9.17, 15) is 13.2 Å². The van der Waals surface area contributed by atoms with Crippen molar-refractivity contribution in [2.24, 2.45) is 5.92 Å². The molecule has 1 atom stereocenters. The third-order valence-corrected chi connectivity index (χ3v) is 5.94. The van der Waals surface area contributed by atoms with Gasteiger partial charge < -0.3 is 14.8 Å². The van der Waals surface area contributed by atoms with E-state index >= 15 is 0 Å². The number of ether oxygens (including phenoxy) is 2. The largest absolute Gasteiger partial charge is 0.484 e. The van der Waals surface area contributed by atoms with Crippen molar-refractivity contribution >= 4 is 15.7 Å². The predicted molar refractivity (Wildman–Crippen MR) is 96.0 cm³/mol. The van der Waals surface area contributed by atoms with Gasteiger partial charge in [-0.3, -0.25) is 4.79 Å². The Kier molecular flexibility index (Phi) is 5.41. The lowest BCUT2D eigenvalue weighted by Crippen LogP contribution is -2.50. The average molecular weight is 376 g/mol. The van der Waals surface area contributed by atoms with Gasteiger partial charge in [-0.15, -0.1) is 0 Å². The monoisotopic (exact) mass is 376 g/mol. The molecule has 7 nitrogen and oxygen atoms in total. The summed E-state index contributed by atoms with van der Waals surface area (Å²) in [6.07, 6.45) is 1.63. The van der Waals surface area contributed by atoms with E-state index < -0.39 is 9.84 Å². The van der Waals surface area contributed by atoms with E-state index in [0.717, 1.165) is 0 Å². The number of hydrogen-bond donors (Lipinski definition) is 1. The molecule has 1 aliphatic rings. The Morgan fingerprint density at radius 3 is 2.69 bits per heavy atom. The fourth-order valence-electron chi connectivity index (χ4n) is 2.61. The molecule has 26 heavy (non-hydrogen) atoms. The summed E-state index contributed by atoms with van der Waals surface area (Å²) < 4.78 is 33.5. The van der Waals surface area contributed by atoms with Crippen molar-refractivity contribution in [3.05, 3.63) is 48.7 Å². The predicted octanol–water partition coefficient (Wildman–Crippen LogP) is 1.80. The molecular formula is C18H20N2O5S. The van der Waals surface area contributed by atoms with E-state index in [0.29, 0.717) is 17.4 Å². The van der Waals surface area contributed by atoms with Crippen molar-refractivity contribution in [3.63, 3.8) is 0 Å². The van der Waals surface area contributed by atoms with Crippen LogP contribution in [-0.2, 0) is 14.6 Å². The molecule has 0 radical (unpaired) electrons. The maximum atomic E-state index is 12.0. The number of nitrogens with zero attached hydrogens (tertiary/aromatic N) is 1. The van der Waals surface area contributed by atoms with E-state index in [1.165, 1.54) is 0 Å². The number of carbonyl (C=O) groups is 1. The summed E-state index contributed by atoms with van der Waals surface area (Å²) in [5.74, 6) is 1.44. The Morgan fingerprint density at radius 2 is 2.00 bits per heavy atom. The van der Waals surface area contributed by atoms with Gasteiger partial charge in [-0.1, -0.05) is 12.1 Å².